The molecule has 0 radical (unpaired) electrons. The van der Waals surface area contributed by atoms with Crippen LogP contribution in [0.15, 0.2) is 24.3 Å². The van der Waals surface area contributed by atoms with Crippen LogP contribution in [0.2, 0.25) is 0 Å². The van der Waals surface area contributed by atoms with Crippen molar-refractivity contribution in [1.29, 1.82) is 0 Å². The number of hydrogen-bond donors (Lipinski definition) is 1. The molecule has 0 aromatic heterocycles. The van der Waals surface area contributed by atoms with E-state index in [2.05, 4.69) is 39.9 Å². The highest BCUT2D eigenvalue weighted by molar-refractivity contribution is 5.17. The number of halogens is 1. The molecule has 0 saturated heterocycles. The summed E-state index contributed by atoms with van der Waals surface area (Å²) in [6, 6.07) is 7.03. The summed E-state index contributed by atoms with van der Waals surface area (Å²) in [6.45, 7) is 12.1. The molecule has 1 N–H and O–H groups in total. The van der Waals surface area contributed by atoms with Crippen molar-refractivity contribution >= 4 is 0 Å². The van der Waals surface area contributed by atoms with Crippen LogP contribution in [0, 0.1) is 17.7 Å². The molecular weight excluding hydrogens is 249 g/mol. The smallest absolute Gasteiger partial charge is 0.123 e. The van der Waals surface area contributed by atoms with Crippen molar-refractivity contribution in [3.8, 4) is 0 Å². The van der Waals surface area contributed by atoms with E-state index in [0.717, 1.165) is 18.5 Å². The fraction of sp³-hybridized carbons (Fsp3) is 0.667. The maximum absolute atomic E-state index is 13.3. The van der Waals surface area contributed by atoms with Gasteiger partial charge in [0.05, 0.1) is 0 Å². The molecule has 0 spiro atoms. The number of hydrogen-bond acceptors (Lipinski definition) is 1. The summed E-state index contributed by atoms with van der Waals surface area (Å²) >= 11 is 0. The Labute approximate surface area is 124 Å². The average molecular weight is 279 g/mol. The molecule has 1 nitrogen and oxygen atoms in total. The van der Waals surface area contributed by atoms with Crippen molar-refractivity contribution < 1.29 is 4.39 Å². The first-order valence-corrected chi connectivity index (χ1v) is 7.81. The summed E-state index contributed by atoms with van der Waals surface area (Å²) in [6.07, 6.45) is 3.38. The molecule has 0 aliphatic heterocycles. The first kappa shape index (κ1) is 17.2. The normalized spacial score (nSPS) is 15.1. The zero-order chi connectivity index (χ0) is 15.2. The number of benzene rings is 1. The molecule has 0 fully saturated rings. The molecule has 0 bridgehead atoms. The van der Waals surface area contributed by atoms with Gasteiger partial charge in [-0.25, -0.2) is 4.39 Å². The van der Waals surface area contributed by atoms with Gasteiger partial charge in [-0.05, 0) is 63.3 Å². The molecule has 1 rings (SSSR count). The molecule has 0 aliphatic rings. The van der Waals surface area contributed by atoms with Gasteiger partial charge in [-0.15, -0.1) is 0 Å². The van der Waals surface area contributed by atoms with Gasteiger partial charge < -0.3 is 5.32 Å². The van der Waals surface area contributed by atoms with Crippen molar-refractivity contribution in [3.63, 3.8) is 0 Å². The van der Waals surface area contributed by atoms with Gasteiger partial charge in [0, 0.05) is 5.54 Å². The van der Waals surface area contributed by atoms with Crippen LogP contribution in [0.5, 0.6) is 0 Å². The third-order valence-electron chi connectivity index (χ3n) is 3.83. The SMILES string of the molecule is CCCC(C)C(CNC(C)(C)C)Cc1cccc(F)c1. The van der Waals surface area contributed by atoms with Crippen LogP contribution >= 0.6 is 0 Å². The molecule has 0 saturated carbocycles. The van der Waals surface area contributed by atoms with Gasteiger partial charge in [-0.3, -0.25) is 0 Å². The Bertz CT molecular complexity index is 395. The molecule has 2 atom stereocenters. The highest BCUT2D eigenvalue weighted by Crippen LogP contribution is 2.22. The van der Waals surface area contributed by atoms with E-state index in [9.17, 15) is 4.39 Å². The molecule has 1 aromatic rings. The molecule has 1 aromatic carbocycles. The second-order valence-corrected chi connectivity index (χ2v) is 6.99. The van der Waals surface area contributed by atoms with E-state index in [4.69, 9.17) is 0 Å². The summed E-state index contributed by atoms with van der Waals surface area (Å²) in [5, 5.41) is 3.60. The lowest BCUT2D eigenvalue weighted by Crippen LogP contribution is -2.41. The standard InChI is InChI=1S/C18H30FN/c1-6-8-14(2)16(13-20-18(3,4)5)11-15-9-7-10-17(19)12-15/h7,9-10,12,14,16,20H,6,8,11,13H2,1-5H3. The molecule has 20 heavy (non-hydrogen) atoms. The van der Waals surface area contributed by atoms with Gasteiger partial charge >= 0.3 is 0 Å². The third-order valence-corrected chi connectivity index (χ3v) is 3.83. The summed E-state index contributed by atoms with van der Waals surface area (Å²) in [7, 11) is 0. The number of nitrogens with one attached hydrogen (secondary N) is 1. The van der Waals surface area contributed by atoms with Crippen LogP contribution in [0.3, 0.4) is 0 Å². The minimum absolute atomic E-state index is 0.131. The van der Waals surface area contributed by atoms with Gasteiger partial charge in [-0.2, -0.15) is 0 Å². The summed E-state index contributed by atoms with van der Waals surface area (Å²) < 4.78 is 13.3. The van der Waals surface area contributed by atoms with E-state index in [1.165, 1.54) is 18.9 Å². The van der Waals surface area contributed by atoms with E-state index < -0.39 is 0 Å². The lowest BCUT2D eigenvalue weighted by molar-refractivity contribution is 0.285. The van der Waals surface area contributed by atoms with Crippen molar-refractivity contribution in [2.24, 2.45) is 11.8 Å². The Morgan fingerprint density at radius 3 is 2.50 bits per heavy atom. The van der Waals surface area contributed by atoms with E-state index >= 15 is 0 Å². The topological polar surface area (TPSA) is 12.0 Å². The lowest BCUT2D eigenvalue weighted by atomic mass is 9.84. The maximum atomic E-state index is 13.3. The Morgan fingerprint density at radius 1 is 1.25 bits per heavy atom. The Kier molecular flexibility index (Phi) is 6.67. The van der Waals surface area contributed by atoms with E-state index in [1.807, 2.05) is 12.1 Å². The monoisotopic (exact) mass is 279 g/mol. The van der Waals surface area contributed by atoms with Crippen LogP contribution in [-0.4, -0.2) is 12.1 Å². The maximum Gasteiger partial charge on any atom is 0.123 e. The zero-order valence-electron chi connectivity index (χ0n) is 13.7. The van der Waals surface area contributed by atoms with Crippen LogP contribution in [0.1, 0.15) is 53.0 Å². The lowest BCUT2D eigenvalue weighted by Gasteiger charge is -2.29. The van der Waals surface area contributed by atoms with E-state index in [-0.39, 0.29) is 11.4 Å². The second kappa shape index (κ2) is 7.78. The molecule has 114 valence electrons. The van der Waals surface area contributed by atoms with E-state index in [1.54, 1.807) is 6.07 Å². The van der Waals surface area contributed by atoms with Gasteiger partial charge in [0.2, 0.25) is 0 Å². The van der Waals surface area contributed by atoms with Crippen LogP contribution < -0.4 is 5.32 Å². The zero-order valence-corrected chi connectivity index (χ0v) is 13.7. The van der Waals surface area contributed by atoms with Crippen molar-refractivity contribution in [2.45, 2.75) is 59.4 Å². The van der Waals surface area contributed by atoms with Crippen molar-refractivity contribution in [2.75, 3.05) is 6.54 Å². The number of rotatable bonds is 7. The molecule has 0 aliphatic carbocycles. The third kappa shape index (κ3) is 6.51. The Morgan fingerprint density at radius 2 is 1.95 bits per heavy atom. The van der Waals surface area contributed by atoms with Crippen molar-refractivity contribution in [1.82, 2.24) is 5.32 Å². The van der Waals surface area contributed by atoms with Crippen LogP contribution in [0.25, 0.3) is 0 Å². The quantitative estimate of drug-likeness (QED) is 0.755. The van der Waals surface area contributed by atoms with Crippen LogP contribution in [-0.2, 0) is 6.42 Å². The molecule has 0 amide bonds. The highest BCUT2D eigenvalue weighted by atomic mass is 19.1. The predicted octanol–water partition coefficient (Wildman–Crippen LogP) is 4.81. The molecule has 2 heteroatoms. The predicted molar refractivity (Wildman–Crippen MR) is 85.4 cm³/mol. The van der Waals surface area contributed by atoms with Gasteiger partial charge in [-0.1, -0.05) is 38.8 Å². The minimum atomic E-state index is -0.131. The fourth-order valence-electron chi connectivity index (χ4n) is 2.57. The molecule has 0 heterocycles. The summed E-state index contributed by atoms with van der Waals surface area (Å²) in [4.78, 5) is 0. The Hall–Kier alpha value is -0.890. The fourth-order valence-corrected chi connectivity index (χ4v) is 2.57. The van der Waals surface area contributed by atoms with E-state index in [0.29, 0.717) is 11.8 Å². The van der Waals surface area contributed by atoms with Gasteiger partial charge in [0.1, 0.15) is 5.82 Å². The first-order valence-electron chi connectivity index (χ1n) is 7.81. The second-order valence-electron chi connectivity index (χ2n) is 6.99. The Balaban J connectivity index is 2.71. The molecular formula is C18H30FN. The largest absolute Gasteiger partial charge is 0.312 e. The highest BCUT2D eigenvalue weighted by Gasteiger charge is 2.20. The van der Waals surface area contributed by atoms with Gasteiger partial charge in [0.15, 0.2) is 0 Å². The van der Waals surface area contributed by atoms with Gasteiger partial charge in [0.25, 0.3) is 0 Å². The van der Waals surface area contributed by atoms with Crippen molar-refractivity contribution in [3.05, 3.63) is 35.6 Å². The minimum Gasteiger partial charge on any atom is -0.312 e. The average Bonchev–Trinajstić information content (AvgIpc) is 2.33. The summed E-state index contributed by atoms with van der Waals surface area (Å²) in [5.74, 6) is 1.07. The summed E-state index contributed by atoms with van der Waals surface area (Å²) in [5.41, 5.74) is 1.24. The first-order chi connectivity index (χ1) is 9.31. The van der Waals surface area contributed by atoms with Crippen LogP contribution in [0.4, 0.5) is 4.39 Å². The molecule has 2 unspecified atom stereocenters.